The Labute approximate surface area is 137 Å². The fraction of sp³-hybridized carbons (Fsp3) is 0.312. The van der Waals surface area contributed by atoms with Gasteiger partial charge in [0, 0.05) is 15.3 Å². The quantitative estimate of drug-likeness (QED) is 0.647. The van der Waals surface area contributed by atoms with Crippen LogP contribution in [0.3, 0.4) is 0 Å². The molecule has 0 radical (unpaired) electrons. The molecule has 2 heterocycles. The van der Waals surface area contributed by atoms with Gasteiger partial charge in [0.1, 0.15) is 6.04 Å². The lowest BCUT2D eigenvalue weighted by Crippen LogP contribution is -2.40. The first kappa shape index (κ1) is 17.0. The van der Waals surface area contributed by atoms with Crippen molar-refractivity contribution in [3.63, 3.8) is 0 Å². The molecule has 2 aromatic rings. The molecule has 0 aromatic carbocycles. The van der Waals surface area contributed by atoms with Gasteiger partial charge in [-0.3, -0.25) is 9.59 Å². The highest BCUT2D eigenvalue weighted by Gasteiger charge is 2.21. The van der Waals surface area contributed by atoms with Crippen molar-refractivity contribution in [2.75, 3.05) is 6.61 Å². The third-order valence-electron chi connectivity index (χ3n) is 3.13. The Morgan fingerprint density at radius 3 is 2.65 bits per heavy atom. The highest BCUT2D eigenvalue weighted by Crippen LogP contribution is 2.21. The summed E-state index contributed by atoms with van der Waals surface area (Å²) in [5, 5.41) is 2.44. The lowest BCUT2D eigenvalue weighted by atomic mass is 10.2. The summed E-state index contributed by atoms with van der Waals surface area (Å²) in [6, 6.07) is 3.95. The number of ether oxygens (including phenoxy) is 1. The molecule has 0 saturated carbocycles. The Bertz CT molecular complexity index is 717. The predicted octanol–water partition coefficient (Wildman–Crippen LogP) is 2.50. The number of Topliss-reactive ketones (excluding diaryl/α,β-unsaturated/α-hetero) is 1. The standard InChI is InChI=1S/C16H17NO5S/c1-9-7-12(11(3)23-9)13(18)8-22-16(20)10(2)17-15(19)14-5-4-6-21-14/h4-7,10H,8H2,1-3H3,(H,17,19)/t10-/m0/s1. The van der Waals surface area contributed by atoms with Gasteiger partial charge in [-0.25, -0.2) is 4.79 Å². The van der Waals surface area contributed by atoms with Crippen LogP contribution in [0, 0.1) is 13.8 Å². The van der Waals surface area contributed by atoms with E-state index >= 15 is 0 Å². The van der Waals surface area contributed by atoms with E-state index in [1.54, 1.807) is 12.1 Å². The second kappa shape index (κ2) is 7.23. The normalized spacial score (nSPS) is 11.8. The molecule has 23 heavy (non-hydrogen) atoms. The minimum absolute atomic E-state index is 0.102. The number of thiophene rings is 1. The zero-order valence-electron chi connectivity index (χ0n) is 13.0. The molecule has 6 nitrogen and oxygen atoms in total. The van der Waals surface area contributed by atoms with Crippen LogP contribution in [0.15, 0.2) is 28.9 Å². The van der Waals surface area contributed by atoms with Crippen molar-refractivity contribution in [2.24, 2.45) is 0 Å². The minimum atomic E-state index is -0.884. The number of hydrogen-bond donors (Lipinski definition) is 1. The van der Waals surface area contributed by atoms with Crippen molar-refractivity contribution in [3.05, 3.63) is 45.5 Å². The average molecular weight is 335 g/mol. The molecule has 2 aromatic heterocycles. The SMILES string of the molecule is Cc1cc(C(=O)COC(=O)[C@H](C)NC(=O)c2ccco2)c(C)s1. The van der Waals surface area contributed by atoms with Gasteiger partial charge in [-0.1, -0.05) is 0 Å². The predicted molar refractivity (Wildman–Crippen MR) is 84.7 cm³/mol. The number of aryl methyl sites for hydroxylation is 2. The largest absolute Gasteiger partial charge is 0.459 e. The molecule has 7 heteroatoms. The summed E-state index contributed by atoms with van der Waals surface area (Å²) < 4.78 is 9.90. The highest BCUT2D eigenvalue weighted by atomic mass is 32.1. The number of ketones is 1. The molecule has 0 aliphatic carbocycles. The van der Waals surface area contributed by atoms with Crippen LogP contribution in [-0.4, -0.2) is 30.3 Å². The van der Waals surface area contributed by atoms with Gasteiger partial charge in [0.25, 0.3) is 5.91 Å². The Morgan fingerprint density at radius 2 is 2.09 bits per heavy atom. The van der Waals surface area contributed by atoms with E-state index in [2.05, 4.69) is 5.32 Å². The van der Waals surface area contributed by atoms with Crippen LogP contribution in [0.25, 0.3) is 0 Å². The van der Waals surface area contributed by atoms with E-state index in [0.29, 0.717) is 5.56 Å². The first-order chi connectivity index (χ1) is 10.9. The lowest BCUT2D eigenvalue weighted by Gasteiger charge is -2.12. The van der Waals surface area contributed by atoms with E-state index < -0.39 is 17.9 Å². The molecule has 122 valence electrons. The maximum Gasteiger partial charge on any atom is 0.328 e. The zero-order chi connectivity index (χ0) is 17.0. The molecule has 0 spiro atoms. The minimum Gasteiger partial charge on any atom is -0.459 e. The molecule has 1 N–H and O–H groups in total. The Balaban J connectivity index is 1.85. The number of nitrogens with one attached hydrogen (secondary N) is 1. The van der Waals surface area contributed by atoms with Gasteiger partial charge in [0.15, 0.2) is 12.4 Å². The van der Waals surface area contributed by atoms with Crippen molar-refractivity contribution in [2.45, 2.75) is 26.8 Å². The monoisotopic (exact) mass is 335 g/mol. The van der Waals surface area contributed by atoms with E-state index in [-0.39, 0.29) is 18.2 Å². The smallest absolute Gasteiger partial charge is 0.328 e. The van der Waals surface area contributed by atoms with Crippen LogP contribution in [-0.2, 0) is 9.53 Å². The molecule has 0 aliphatic heterocycles. The average Bonchev–Trinajstić information content (AvgIpc) is 3.13. The summed E-state index contributed by atoms with van der Waals surface area (Å²) in [6.07, 6.45) is 1.36. The van der Waals surface area contributed by atoms with Gasteiger partial charge in [-0.2, -0.15) is 0 Å². The van der Waals surface area contributed by atoms with E-state index in [1.807, 2.05) is 13.8 Å². The fourth-order valence-electron chi connectivity index (χ4n) is 1.98. The van der Waals surface area contributed by atoms with Crippen LogP contribution >= 0.6 is 11.3 Å². The molecule has 1 atom stereocenters. The van der Waals surface area contributed by atoms with E-state index in [0.717, 1.165) is 9.75 Å². The van der Waals surface area contributed by atoms with E-state index in [1.165, 1.54) is 30.6 Å². The zero-order valence-corrected chi connectivity index (χ0v) is 13.9. The van der Waals surface area contributed by atoms with Crippen LogP contribution in [0.4, 0.5) is 0 Å². The van der Waals surface area contributed by atoms with E-state index in [9.17, 15) is 14.4 Å². The Morgan fingerprint density at radius 1 is 1.35 bits per heavy atom. The number of rotatable bonds is 6. The number of furan rings is 1. The molecule has 0 unspecified atom stereocenters. The summed E-state index contributed by atoms with van der Waals surface area (Å²) in [6.45, 7) is 4.88. The van der Waals surface area contributed by atoms with Gasteiger partial charge in [0.2, 0.25) is 5.78 Å². The molecule has 1 amide bonds. The number of carbonyl (C=O) groups is 3. The molecule has 0 aliphatic rings. The first-order valence-corrected chi connectivity index (χ1v) is 7.81. The van der Waals surface area contributed by atoms with Crippen LogP contribution in [0.2, 0.25) is 0 Å². The summed E-state index contributed by atoms with van der Waals surface area (Å²) in [7, 11) is 0. The maximum absolute atomic E-state index is 12.0. The van der Waals surface area contributed by atoms with Gasteiger partial charge >= 0.3 is 5.97 Å². The highest BCUT2D eigenvalue weighted by molar-refractivity contribution is 7.12. The summed E-state index contributed by atoms with van der Waals surface area (Å²) in [4.78, 5) is 37.6. The Hall–Kier alpha value is -2.41. The third kappa shape index (κ3) is 4.29. The number of amides is 1. The van der Waals surface area contributed by atoms with Crippen molar-refractivity contribution in [3.8, 4) is 0 Å². The van der Waals surface area contributed by atoms with Crippen molar-refractivity contribution in [1.29, 1.82) is 0 Å². The van der Waals surface area contributed by atoms with Crippen molar-refractivity contribution < 1.29 is 23.5 Å². The van der Waals surface area contributed by atoms with Crippen molar-refractivity contribution >= 4 is 29.0 Å². The number of esters is 1. The van der Waals surface area contributed by atoms with Crippen LogP contribution in [0.1, 0.15) is 37.6 Å². The molecular weight excluding hydrogens is 318 g/mol. The van der Waals surface area contributed by atoms with Gasteiger partial charge in [0.05, 0.1) is 6.26 Å². The molecule has 0 bridgehead atoms. The lowest BCUT2D eigenvalue weighted by molar-refractivity contribution is -0.144. The molecule has 0 fully saturated rings. The molecular formula is C16H17NO5S. The van der Waals surface area contributed by atoms with Crippen LogP contribution in [0.5, 0.6) is 0 Å². The van der Waals surface area contributed by atoms with Gasteiger partial charge < -0.3 is 14.5 Å². The second-order valence-electron chi connectivity index (χ2n) is 5.03. The van der Waals surface area contributed by atoms with E-state index in [4.69, 9.17) is 9.15 Å². The van der Waals surface area contributed by atoms with Gasteiger partial charge in [-0.05, 0) is 39.0 Å². The number of hydrogen-bond acceptors (Lipinski definition) is 6. The number of carbonyl (C=O) groups excluding carboxylic acids is 3. The first-order valence-electron chi connectivity index (χ1n) is 6.99. The topological polar surface area (TPSA) is 85.6 Å². The molecule has 2 rings (SSSR count). The summed E-state index contributed by atoms with van der Waals surface area (Å²) in [5.41, 5.74) is 0.563. The fourth-order valence-corrected chi connectivity index (χ4v) is 2.92. The Kier molecular flexibility index (Phi) is 5.33. The summed E-state index contributed by atoms with van der Waals surface area (Å²) in [5.74, 6) is -1.35. The maximum atomic E-state index is 12.0. The third-order valence-corrected chi connectivity index (χ3v) is 4.10. The second-order valence-corrected chi connectivity index (χ2v) is 6.49. The van der Waals surface area contributed by atoms with Crippen molar-refractivity contribution in [1.82, 2.24) is 5.32 Å². The van der Waals surface area contributed by atoms with Gasteiger partial charge in [-0.15, -0.1) is 11.3 Å². The summed E-state index contributed by atoms with van der Waals surface area (Å²) >= 11 is 1.52. The molecule has 0 saturated heterocycles. The van der Waals surface area contributed by atoms with Crippen LogP contribution < -0.4 is 5.32 Å².